The van der Waals surface area contributed by atoms with Gasteiger partial charge in [-0.15, -0.1) is 0 Å². The third kappa shape index (κ3) is 12.3. The van der Waals surface area contributed by atoms with Crippen molar-refractivity contribution in [1.82, 2.24) is 0 Å². The summed E-state index contributed by atoms with van der Waals surface area (Å²) < 4.78 is 0. The zero-order chi connectivity index (χ0) is 10.3. The van der Waals surface area contributed by atoms with Gasteiger partial charge in [0, 0.05) is 0 Å². The molecule has 0 saturated carbocycles. The average Bonchev–Trinajstić information content (AvgIpc) is 1.93. The molecule has 0 radical (unpaired) electrons. The van der Waals surface area contributed by atoms with Gasteiger partial charge in [0.1, 0.15) is 0 Å². The van der Waals surface area contributed by atoms with Gasteiger partial charge in [-0.3, -0.25) is 0 Å². The van der Waals surface area contributed by atoms with E-state index in [1.807, 2.05) is 0 Å². The molecule has 13 heavy (non-hydrogen) atoms. The van der Waals surface area contributed by atoms with E-state index < -0.39 is 8.07 Å². The first-order chi connectivity index (χ1) is 5.92. The van der Waals surface area contributed by atoms with Crippen molar-refractivity contribution in [2.45, 2.75) is 57.1 Å². The molecule has 0 aliphatic rings. The van der Waals surface area contributed by atoms with E-state index in [1.54, 1.807) is 0 Å². The van der Waals surface area contributed by atoms with Gasteiger partial charge in [0.2, 0.25) is 0 Å². The molecule has 0 aliphatic carbocycles. The molecule has 2 heteroatoms. The van der Waals surface area contributed by atoms with E-state index in [4.69, 9.17) is 0 Å². The summed E-state index contributed by atoms with van der Waals surface area (Å²) in [5, 5.41) is 0. The van der Waals surface area contributed by atoms with Crippen LogP contribution in [0.15, 0.2) is 0 Å². The van der Waals surface area contributed by atoms with Gasteiger partial charge in [-0.25, -0.2) is 0 Å². The Balaban J connectivity index is 3.39. The minimum atomic E-state index is -1.10. The second-order valence-electron chi connectivity index (χ2n) is 4.65. The fourth-order valence-electron chi connectivity index (χ4n) is 0.981. The van der Waals surface area contributed by atoms with Crippen LogP contribution in [-0.4, -0.2) is 24.1 Å². The quantitative estimate of drug-likeness (QED) is 0.414. The van der Waals surface area contributed by atoms with Crippen molar-refractivity contribution < 1.29 is 0 Å². The maximum atomic E-state index is 3.39. The Bertz CT molecular complexity index is 180. The minimum absolute atomic E-state index is 0.789. The first-order valence-corrected chi connectivity index (χ1v) is 9.68. The fourth-order valence-corrected chi connectivity index (χ4v) is 2.02. The third-order valence-electron chi connectivity index (χ3n) is 1.64. The Morgan fingerprint density at radius 3 is 2.31 bits per heavy atom. The summed E-state index contributed by atoms with van der Waals surface area (Å²) in [6.45, 7) is 9.15. The summed E-state index contributed by atoms with van der Waals surface area (Å²) in [5.74, 6) is 3.31. The molecule has 0 N–H and O–H groups in total. The van der Waals surface area contributed by atoms with Crippen LogP contribution >= 0.6 is 0 Å². The topological polar surface area (TPSA) is 0 Å². The predicted molar refractivity (Wildman–Crippen MR) is 66.2 cm³/mol. The fraction of sp³-hybridized carbons (Fsp3) is 0.818. The van der Waals surface area contributed by atoms with Crippen molar-refractivity contribution >= 4 is 24.1 Å². The summed E-state index contributed by atoms with van der Waals surface area (Å²) in [5.41, 5.74) is 3.39. The standard InChI is InChI=1S/C11H22SeSi/c1-11(12)9-7-5-6-8-10-13(2,3)4/h11-12H,5-7,9H2,1-4H3. The molecule has 0 fully saturated rings. The molecular weight excluding hydrogens is 239 g/mol. The molecule has 1 atom stereocenters. The van der Waals surface area contributed by atoms with Crippen molar-refractivity contribution in [1.29, 1.82) is 0 Å². The van der Waals surface area contributed by atoms with Crippen LogP contribution in [0.5, 0.6) is 0 Å². The van der Waals surface area contributed by atoms with Crippen molar-refractivity contribution in [3.63, 3.8) is 0 Å². The second kappa shape index (κ2) is 6.71. The normalized spacial score (nSPS) is 13.3. The Morgan fingerprint density at radius 2 is 1.85 bits per heavy atom. The van der Waals surface area contributed by atoms with Gasteiger partial charge in [-0.2, -0.15) is 0 Å². The van der Waals surface area contributed by atoms with Crippen molar-refractivity contribution in [2.24, 2.45) is 0 Å². The van der Waals surface area contributed by atoms with E-state index in [-0.39, 0.29) is 0 Å². The van der Waals surface area contributed by atoms with Crippen LogP contribution in [-0.2, 0) is 0 Å². The van der Waals surface area contributed by atoms with Crippen molar-refractivity contribution in [2.75, 3.05) is 0 Å². The van der Waals surface area contributed by atoms with Gasteiger partial charge in [0.05, 0.1) is 0 Å². The first kappa shape index (κ1) is 13.3. The van der Waals surface area contributed by atoms with Crippen LogP contribution in [0.3, 0.4) is 0 Å². The molecule has 0 aliphatic heterocycles. The Hall–Kier alpha value is 0.296. The van der Waals surface area contributed by atoms with Gasteiger partial charge in [0.15, 0.2) is 0 Å². The Kier molecular flexibility index (Phi) is 6.86. The van der Waals surface area contributed by atoms with Gasteiger partial charge in [0.25, 0.3) is 0 Å². The molecule has 0 aromatic carbocycles. The van der Waals surface area contributed by atoms with E-state index in [1.165, 1.54) is 19.3 Å². The zero-order valence-corrected chi connectivity index (χ0v) is 12.2. The van der Waals surface area contributed by atoms with Crippen LogP contribution < -0.4 is 0 Å². The molecule has 0 aromatic heterocycles. The van der Waals surface area contributed by atoms with E-state index in [2.05, 4.69) is 54.0 Å². The van der Waals surface area contributed by atoms with Gasteiger partial charge in [-0.05, 0) is 0 Å². The van der Waals surface area contributed by atoms with Crippen LogP contribution in [0.2, 0.25) is 24.5 Å². The van der Waals surface area contributed by atoms with Crippen molar-refractivity contribution in [3.8, 4) is 11.5 Å². The van der Waals surface area contributed by atoms with E-state index >= 15 is 0 Å². The first-order valence-electron chi connectivity index (χ1n) is 5.10. The van der Waals surface area contributed by atoms with Crippen LogP contribution in [0.4, 0.5) is 0 Å². The Labute approximate surface area is 92.7 Å². The molecular formula is C11H22SeSi. The SMILES string of the molecule is CC([SeH])CCCCC#C[Si](C)(C)C. The number of hydrogen-bond acceptors (Lipinski definition) is 0. The number of rotatable bonds is 4. The van der Waals surface area contributed by atoms with E-state index in [9.17, 15) is 0 Å². The van der Waals surface area contributed by atoms with Crippen LogP contribution in [0.25, 0.3) is 0 Å². The van der Waals surface area contributed by atoms with Gasteiger partial charge in [-0.1, -0.05) is 0 Å². The second-order valence-corrected chi connectivity index (χ2v) is 11.2. The molecule has 0 rings (SSSR count). The number of hydrogen-bond donors (Lipinski definition) is 0. The number of unbranched alkanes of at least 4 members (excludes halogenated alkanes) is 2. The monoisotopic (exact) mass is 262 g/mol. The summed E-state index contributed by atoms with van der Waals surface area (Å²) in [6.07, 6.45) is 5.04. The predicted octanol–water partition coefficient (Wildman–Crippen LogP) is 3.14. The van der Waals surface area contributed by atoms with Gasteiger partial charge >= 0.3 is 92.6 Å². The molecule has 1 unspecified atom stereocenters. The summed E-state index contributed by atoms with van der Waals surface area (Å²) in [7, 11) is -1.10. The maximum absolute atomic E-state index is 3.39. The van der Waals surface area contributed by atoms with Crippen LogP contribution in [0.1, 0.15) is 32.6 Å². The molecule has 0 bridgehead atoms. The Morgan fingerprint density at radius 1 is 1.23 bits per heavy atom. The van der Waals surface area contributed by atoms with E-state index in [0.29, 0.717) is 0 Å². The van der Waals surface area contributed by atoms with Crippen molar-refractivity contribution in [3.05, 3.63) is 0 Å². The molecule has 0 nitrogen and oxygen atoms in total. The molecule has 76 valence electrons. The summed E-state index contributed by atoms with van der Waals surface area (Å²) in [4.78, 5) is 0.789. The van der Waals surface area contributed by atoms with E-state index in [0.717, 1.165) is 11.2 Å². The zero-order valence-electron chi connectivity index (χ0n) is 9.35. The third-order valence-corrected chi connectivity index (χ3v) is 3.11. The summed E-state index contributed by atoms with van der Waals surface area (Å²) in [6, 6.07) is 0. The molecule has 0 spiro atoms. The summed E-state index contributed by atoms with van der Waals surface area (Å²) >= 11 is 2.71. The van der Waals surface area contributed by atoms with Gasteiger partial charge < -0.3 is 0 Å². The molecule has 0 saturated heterocycles. The molecule has 0 aromatic rings. The average molecular weight is 261 g/mol. The molecule has 0 amide bonds. The van der Waals surface area contributed by atoms with Crippen LogP contribution in [0, 0.1) is 11.5 Å². The molecule has 0 heterocycles.